The van der Waals surface area contributed by atoms with Gasteiger partial charge in [-0.25, -0.2) is 4.98 Å². The van der Waals surface area contributed by atoms with Crippen LogP contribution in [-0.2, 0) is 0 Å². The topological polar surface area (TPSA) is 30.2 Å². The highest BCUT2D eigenvalue weighted by molar-refractivity contribution is 14.1. The molecule has 0 aliphatic carbocycles. The van der Waals surface area contributed by atoms with Gasteiger partial charge in [-0.1, -0.05) is 6.07 Å². The van der Waals surface area contributed by atoms with Gasteiger partial charge in [-0.3, -0.25) is 4.98 Å². The van der Waals surface area contributed by atoms with Crippen LogP contribution in [0.1, 0.15) is 0 Å². The third-order valence-corrected chi connectivity index (χ3v) is 3.20. The minimum Gasteiger partial charge on any atom is -0.306 e. The van der Waals surface area contributed by atoms with E-state index < -0.39 is 0 Å². The maximum atomic E-state index is 4.58. The number of hydrogen-bond donors (Lipinski definition) is 0. The monoisotopic (exact) mass is 321 g/mol. The van der Waals surface area contributed by atoms with Gasteiger partial charge in [0.2, 0.25) is 0 Å². The van der Waals surface area contributed by atoms with E-state index in [2.05, 4.69) is 32.6 Å². The molecule has 3 aromatic heterocycles. The largest absolute Gasteiger partial charge is 0.306 e. The third-order valence-electron chi connectivity index (χ3n) is 2.36. The van der Waals surface area contributed by atoms with Crippen molar-refractivity contribution < 1.29 is 0 Å². The molecule has 3 nitrogen and oxygen atoms in total. The molecule has 0 spiro atoms. The summed E-state index contributed by atoms with van der Waals surface area (Å²) in [7, 11) is 0. The molecule has 16 heavy (non-hydrogen) atoms. The van der Waals surface area contributed by atoms with E-state index in [0.29, 0.717) is 0 Å². The molecule has 0 unspecified atom stereocenters. The number of halogens is 1. The van der Waals surface area contributed by atoms with Gasteiger partial charge in [0.25, 0.3) is 0 Å². The fraction of sp³-hybridized carbons (Fsp3) is 0. The first-order valence-corrected chi connectivity index (χ1v) is 5.97. The normalized spacial score (nSPS) is 10.8. The molecule has 0 N–H and O–H groups in total. The van der Waals surface area contributed by atoms with Crippen LogP contribution in [0.4, 0.5) is 0 Å². The average molecular weight is 321 g/mol. The summed E-state index contributed by atoms with van der Waals surface area (Å²) in [4.78, 5) is 8.87. The van der Waals surface area contributed by atoms with E-state index in [9.17, 15) is 0 Å². The van der Waals surface area contributed by atoms with Crippen molar-refractivity contribution in [3.8, 4) is 11.4 Å². The van der Waals surface area contributed by atoms with Crippen LogP contribution in [0.3, 0.4) is 0 Å². The van der Waals surface area contributed by atoms with Gasteiger partial charge in [0.1, 0.15) is 5.69 Å². The van der Waals surface area contributed by atoms with Crippen LogP contribution in [0, 0.1) is 3.57 Å². The number of hydrogen-bond acceptors (Lipinski definition) is 2. The van der Waals surface area contributed by atoms with Crippen molar-refractivity contribution in [2.45, 2.75) is 0 Å². The maximum Gasteiger partial charge on any atom is 0.150 e. The van der Waals surface area contributed by atoms with Crippen molar-refractivity contribution in [2.75, 3.05) is 0 Å². The van der Waals surface area contributed by atoms with Gasteiger partial charge in [-0.15, -0.1) is 0 Å². The number of aromatic nitrogens is 3. The Labute approximate surface area is 106 Å². The lowest BCUT2D eigenvalue weighted by Crippen LogP contribution is -1.83. The van der Waals surface area contributed by atoms with Crippen molar-refractivity contribution in [3.05, 3.63) is 52.5 Å². The van der Waals surface area contributed by atoms with Crippen LogP contribution in [0.5, 0.6) is 0 Å². The Kier molecular flexibility index (Phi) is 2.36. The molecule has 0 fully saturated rings. The highest BCUT2D eigenvalue weighted by Crippen LogP contribution is 2.19. The van der Waals surface area contributed by atoms with E-state index in [-0.39, 0.29) is 0 Å². The molecule has 0 saturated carbocycles. The van der Waals surface area contributed by atoms with Crippen LogP contribution in [-0.4, -0.2) is 14.4 Å². The third kappa shape index (κ3) is 1.59. The Bertz CT molecular complexity index is 631. The average Bonchev–Trinajstić information content (AvgIpc) is 2.76. The van der Waals surface area contributed by atoms with Gasteiger partial charge < -0.3 is 4.40 Å². The molecule has 0 aromatic carbocycles. The molecular formula is C12H8IN3. The predicted molar refractivity (Wildman–Crippen MR) is 71.1 cm³/mol. The van der Waals surface area contributed by atoms with Crippen molar-refractivity contribution in [1.29, 1.82) is 0 Å². The zero-order chi connectivity index (χ0) is 11.0. The summed E-state index contributed by atoms with van der Waals surface area (Å²) in [6.07, 6.45) is 5.78. The summed E-state index contributed by atoms with van der Waals surface area (Å²) in [5.74, 6) is 0. The van der Waals surface area contributed by atoms with Crippen LogP contribution >= 0.6 is 22.6 Å². The maximum absolute atomic E-state index is 4.58. The minimum atomic E-state index is 0.905. The van der Waals surface area contributed by atoms with Crippen LogP contribution in [0.2, 0.25) is 0 Å². The lowest BCUT2D eigenvalue weighted by Gasteiger charge is -1.92. The SMILES string of the molecule is Ic1cccn2cc(-c3ccccn3)nc12. The molecule has 0 saturated heterocycles. The first-order valence-electron chi connectivity index (χ1n) is 4.89. The summed E-state index contributed by atoms with van der Waals surface area (Å²) in [6, 6.07) is 9.90. The molecule has 3 heterocycles. The van der Waals surface area contributed by atoms with E-state index in [1.807, 2.05) is 47.1 Å². The Morgan fingerprint density at radius 3 is 2.75 bits per heavy atom. The van der Waals surface area contributed by atoms with Crippen LogP contribution in [0.15, 0.2) is 48.9 Å². The highest BCUT2D eigenvalue weighted by Gasteiger charge is 2.06. The summed E-state index contributed by atoms with van der Waals surface area (Å²) >= 11 is 2.29. The van der Waals surface area contributed by atoms with Crippen LogP contribution < -0.4 is 0 Å². The molecule has 3 rings (SSSR count). The number of rotatable bonds is 1. The number of nitrogens with zero attached hydrogens (tertiary/aromatic N) is 3. The van der Waals surface area contributed by atoms with Crippen molar-refractivity contribution in [3.63, 3.8) is 0 Å². The van der Waals surface area contributed by atoms with E-state index in [4.69, 9.17) is 0 Å². The van der Waals surface area contributed by atoms with E-state index in [1.165, 1.54) is 0 Å². The first-order chi connectivity index (χ1) is 7.84. The Balaban J connectivity index is 2.23. The molecule has 0 aliphatic rings. The summed E-state index contributed by atoms with van der Waals surface area (Å²) < 4.78 is 3.16. The van der Waals surface area contributed by atoms with Gasteiger partial charge in [0.15, 0.2) is 5.65 Å². The quantitative estimate of drug-likeness (QED) is 0.645. The molecule has 78 valence electrons. The first kappa shape index (κ1) is 9.77. The van der Waals surface area contributed by atoms with Crippen LogP contribution in [0.25, 0.3) is 17.0 Å². The van der Waals surface area contributed by atoms with Gasteiger partial charge in [0, 0.05) is 18.6 Å². The summed E-state index contributed by atoms with van der Waals surface area (Å²) in [6.45, 7) is 0. The zero-order valence-corrected chi connectivity index (χ0v) is 10.5. The van der Waals surface area contributed by atoms with E-state index >= 15 is 0 Å². The summed E-state index contributed by atoms with van der Waals surface area (Å²) in [5.41, 5.74) is 2.79. The molecule has 0 bridgehead atoms. The van der Waals surface area contributed by atoms with E-state index in [1.54, 1.807) is 6.20 Å². The lowest BCUT2D eigenvalue weighted by atomic mass is 10.3. The zero-order valence-electron chi connectivity index (χ0n) is 8.34. The predicted octanol–water partition coefficient (Wildman–Crippen LogP) is 3.00. The smallest absolute Gasteiger partial charge is 0.150 e. The number of pyridine rings is 2. The molecule has 4 heteroatoms. The fourth-order valence-corrected chi connectivity index (χ4v) is 2.22. The fourth-order valence-electron chi connectivity index (χ4n) is 1.62. The lowest BCUT2D eigenvalue weighted by molar-refractivity contribution is 1.18. The summed E-state index contributed by atoms with van der Waals surface area (Å²) in [5, 5.41) is 0. The molecule has 3 aromatic rings. The second-order valence-corrected chi connectivity index (χ2v) is 4.59. The van der Waals surface area contributed by atoms with Gasteiger partial charge in [0.05, 0.1) is 9.26 Å². The minimum absolute atomic E-state index is 0.905. The molecule has 0 aliphatic heterocycles. The molecule has 0 radical (unpaired) electrons. The molecule has 0 atom stereocenters. The number of imidazole rings is 1. The van der Waals surface area contributed by atoms with Crippen molar-refractivity contribution in [2.24, 2.45) is 0 Å². The van der Waals surface area contributed by atoms with Crippen molar-refractivity contribution in [1.82, 2.24) is 14.4 Å². The molecule has 0 amide bonds. The Hall–Kier alpha value is -1.43. The Morgan fingerprint density at radius 1 is 1.06 bits per heavy atom. The highest BCUT2D eigenvalue weighted by atomic mass is 127. The van der Waals surface area contributed by atoms with Crippen molar-refractivity contribution >= 4 is 28.2 Å². The van der Waals surface area contributed by atoms with Gasteiger partial charge in [-0.2, -0.15) is 0 Å². The number of fused-ring (bicyclic) bond motifs is 1. The van der Waals surface area contributed by atoms with Gasteiger partial charge >= 0.3 is 0 Å². The second kappa shape index (κ2) is 3.86. The Morgan fingerprint density at radius 2 is 2.00 bits per heavy atom. The standard InChI is InChI=1S/C12H8IN3/c13-9-4-3-7-16-8-11(15-12(9)16)10-5-1-2-6-14-10/h1-8H. The van der Waals surface area contributed by atoms with Gasteiger partial charge in [-0.05, 0) is 46.9 Å². The molecular weight excluding hydrogens is 313 g/mol. The second-order valence-electron chi connectivity index (χ2n) is 3.43. The van der Waals surface area contributed by atoms with E-state index in [0.717, 1.165) is 20.6 Å².